The number of carboxylic acid groups (broad SMARTS) is 1. The molecular formula is C26H18F9N3O3. The first kappa shape index (κ1) is 31.0. The molecule has 0 saturated carbocycles. The number of carboxylic acids is 1. The molecular weight excluding hydrogens is 573 g/mol. The van der Waals surface area contributed by atoms with Gasteiger partial charge in [-0.1, -0.05) is 48.5 Å². The highest BCUT2D eigenvalue weighted by Crippen LogP contribution is 2.42. The fourth-order valence-electron chi connectivity index (χ4n) is 3.91. The Bertz CT molecular complexity index is 1450. The normalized spacial score (nSPS) is 17.6. The molecule has 6 nitrogen and oxygen atoms in total. The van der Waals surface area contributed by atoms with Crippen LogP contribution in [-0.4, -0.2) is 41.1 Å². The average molecular weight is 591 g/mol. The summed E-state index contributed by atoms with van der Waals surface area (Å²) in [7, 11) is 1.43. The third-order valence-electron chi connectivity index (χ3n) is 5.88. The summed E-state index contributed by atoms with van der Waals surface area (Å²) in [5.74, 6) is -3.33. The third-order valence-corrected chi connectivity index (χ3v) is 5.88. The van der Waals surface area contributed by atoms with Gasteiger partial charge in [-0.05, 0) is 46.5 Å². The molecule has 1 atom stereocenters. The van der Waals surface area contributed by atoms with Crippen LogP contribution in [0.5, 0.6) is 0 Å². The number of benzene rings is 3. The number of alkyl halides is 9. The first-order valence-electron chi connectivity index (χ1n) is 11.2. The van der Waals surface area contributed by atoms with E-state index >= 15 is 0 Å². The van der Waals surface area contributed by atoms with Crippen LogP contribution >= 0.6 is 0 Å². The van der Waals surface area contributed by atoms with Gasteiger partial charge >= 0.3 is 24.5 Å². The number of carbonyl (C=O) groups is 2. The zero-order chi connectivity index (χ0) is 31.0. The topological polar surface area (TPSA) is 96.0 Å². The van der Waals surface area contributed by atoms with Crippen molar-refractivity contribution in [1.29, 1.82) is 0 Å². The number of nitrogens with zero attached hydrogens (tertiary/aromatic N) is 2. The minimum atomic E-state index is -5.08. The third kappa shape index (κ3) is 6.44. The van der Waals surface area contributed by atoms with Crippen LogP contribution in [0.3, 0.4) is 0 Å². The van der Waals surface area contributed by atoms with Crippen molar-refractivity contribution < 1.29 is 54.2 Å². The molecule has 1 aliphatic rings. The van der Waals surface area contributed by atoms with Crippen LogP contribution < -0.4 is 5.73 Å². The van der Waals surface area contributed by atoms with E-state index in [0.29, 0.717) is 17.7 Å². The van der Waals surface area contributed by atoms with E-state index < -0.39 is 47.1 Å². The van der Waals surface area contributed by atoms with Gasteiger partial charge in [-0.15, -0.1) is 0 Å². The van der Waals surface area contributed by atoms with Gasteiger partial charge in [0.1, 0.15) is 0 Å². The summed E-state index contributed by atoms with van der Waals surface area (Å²) in [5, 5.41) is 7.12. The van der Waals surface area contributed by atoms with Crippen molar-refractivity contribution in [2.75, 3.05) is 7.05 Å². The Balaban J connectivity index is 0.000000587. The van der Waals surface area contributed by atoms with Crippen molar-refractivity contribution in [3.8, 4) is 11.1 Å². The summed E-state index contributed by atoms with van der Waals surface area (Å²) < 4.78 is 112. The summed E-state index contributed by atoms with van der Waals surface area (Å²) in [4.78, 5) is 27.7. The molecule has 0 spiro atoms. The van der Waals surface area contributed by atoms with Gasteiger partial charge in [0, 0.05) is 7.05 Å². The van der Waals surface area contributed by atoms with Crippen molar-refractivity contribution in [1.82, 2.24) is 4.90 Å². The molecule has 1 unspecified atom stereocenters. The predicted molar refractivity (Wildman–Crippen MR) is 127 cm³/mol. The molecule has 15 heteroatoms. The lowest BCUT2D eigenvalue weighted by atomic mass is 9.81. The zero-order valence-electron chi connectivity index (χ0n) is 20.6. The van der Waals surface area contributed by atoms with Crippen LogP contribution in [0.4, 0.5) is 39.5 Å². The number of aliphatic imine (C=N–C) groups is 1. The monoisotopic (exact) mass is 591 g/mol. The quantitative estimate of drug-likeness (QED) is 0.363. The van der Waals surface area contributed by atoms with Crippen molar-refractivity contribution in [2.45, 2.75) is 24.1 Å². The zero-order valence-corrected chi connectivity index (χ0v) is 20.6. The lowest BCUT2D eigenvalue weighted by Crippen LogP contribution is -2.41. The lowest BCUT2D eigenvalue weighted by Gasteiger charge is -2.26. The Morgan fingerprint density at radius 1 is 0.780 bits per heavy atom. The van der Waals surface area contributed by atoms with Crippen molar-refractivity contribution >= 4 is 17.8 Å². The van der Waals surface area contributed by atoms with E-state index in [1.807, 2.05) is 0 Å². The first-order valence-corrected chi connectivity index (χ1v) is 11.2. The maximum atomic E-state index is 13.3. The highest BCUT2D eigenvalue weighted by molar-refractivity contribution is 6.09. The van der Waals surface area contributed by atoms with Gasteiger partial charge in [-0.2, -0.15) is 39.5 Å². The van der Waals surface area contributed by atoms with Crippen LogP contribution in [0.15, 0.2) is 77.8 Å². The Morgan fingerprint density at radius 3 is 1.68 bits per heavy atom. The Kier molecular flexibility index (Phi) is 8.15. The molecule has 0 radical (unpaired) electrons. The van der Waals surface area contributed by atoms with Crippen molar-refractivity contribution in [3.05, 3.63) is 95.1 Å². The van der Waals surface area contributed by atoms with E-state index in [4.69, 9.17) is 15.6 Å². The molecule has 3 aromatic rings. The van der Waals surface area contributed by atoms with Crippen LogP contribution in [0.25, 0.3) is 11.1 Å². The highest BCUT2D eigenvalue weighted by Gasteiger charge is 2.49. The fraction of sp³-hybridized carbons (Fsp3) is 0.192. The van der Waals surface area contributed by atoms with Crippen LogP contribution in [0.1, 0.15) is 22.3 Å². The fourth-order valence-corrected chi connectivity index (χ4v) is 3.91. The molecule has 0 aliphatic carbocycles. The SMILES string of the molecule is CN1C(=O)C(c2ccccc2)(c2cccc(-c3cc(C(F)(F)F)cc(C(F)(F)F)c3)c2)N=C1N.O=C(O)C(F)(F)F. The summed E-state index contributed by atoms with van der Waals surface area (Å²) in [6.45, 7) is 0. The van der Waals surface area contributed by atoms with Gasteiger partial charge in [0.25, 0.3) is 5.91 Å². The summed E-state index contributed by atoms with van der Waals surface area (Å²) in [5.41, 5.74) is 1.86. The molecule has 4 rings (SSSR count). The van der Waals surface area contributed by atoms with E-state index in [-0.39, 0.29) is 28.7 Å². The molecule has 1 amide bonds. The second kappa shape index (κ2) is 10.8. The van der Waals surface area contributed by atoms with Crippen LogP contribution in [-0.2, 0) is 27.5 Å². The van der Waals surface area contributed by atoms with Gasteiger partial charge in [-0.25, -0.2) is 9.79 Å². The summed E-state index contributed by atoms with van der Waals surface area (Å²) in [6, 6.07) is 15.4. The Hall–Kier alpha value is -4.56. The second-order valence-corrected chi connectivity index (χ2v) is 8.59. The maximum absolute atomic E-state index is 13.3. The van der Waals surface area contributed by atoms with Crippen LogP contribution in [0, 0.1) is 0 Å². The minimum absolute atomic E-state index is 0.0560. The molecule has 41 heavy (non-hydrogen) atoms. The smallest absolute Gasteiger partial charge is 0.475 e. The van der Waals surface area contributed by atoms with Crippen LogP contribution in [0.2, 0.25) is 0 Å². The molecule has 0 aromatic heterocycles. The van der Waals surface area contributed by atoms with Gasteiger partial charge in [0.15, 0.2) is 11.5 Å². The number of carbonyl (C=O) groups excluding carboxylic acids is 1. The number of hydrogen-bond donors (Lipinski definition) is 2. The molecule has 1 aliphatic heterocycles. The van der Waals surface area contributed by atoms with Crippen molar-refractivity contribution in [3.63, 3.8) is 0 Å². The summed E-state index contributed by atoms with van der Waals surface area (Å²) in [6.07, 6.45) is -15.1. The van der Waals surface area contributed by atoms with E-state index in [1.165, 1.54) is 31.3 Å². The highest BCUT2D eigenvalue weighted by atomic mass is 19.4. The molecule has 0 saturated heterocycles. The van der Waals surface area contributed by atoms with Gasteiger partial charge in [-0.3, -0.25) is 9.69 Å². The number of nitrogens with two attached hydrogens (primary N) is 1. The number of guanidine groups is 1. The number of aliphatic carboxylic acids is 1. The van der Waals surface area contributed by atoms with E-state index in [9.17, 15) is 44.3 Å². The first-order chi connectivity index (χ1) is 18.8. The molecule has 3 N–H and O–H groups in total. The summed E-state index contributed by atoms with van der Waals surface area (Å²) >= 11 is 0. The van der Waals surface area contributed by atoms with Gasteiger partial charge in [0.2, 0.25) is 0 Å². The molecule has 3 aromatic carbocycles. The Morgan fingerprint density at radius 2 is 1.27 bits per heavy atom. The second-order valence-electron chi connectivity index (χ2n) is 8.59. The minimum Gasteiger partial charge on any atom is -0.475 e. The van der Waals surface area contributed by atoms with Gasteiger partial charge in [0.05, 0.1) is 11.1 Å². The van der Waals surface area contributed by atoms with E-state index in [1.54, 1.807) is 30.3 Å². The Labute approximate surface area is 225 Å². The largest absolute Gasteiger partial charge is 0.490 e. The number of likely N-dealkylation sites (N-methyl/N-ethyl adjacent to an activating group) is 1. The van der Waals surface area contributed by atoms with E-state index in [2.05, 4.69) is 4.99 Å². The number of hydrogen-bond acceptors (Lipinski definition) is 4. The molecule has 0 bridgehead atoms. The molecule has 218 valence electrons. The average Bonchev–Trinajstić information content (AvgIpc) is 3.12. The maximum Gasteiger partial charge on any atom is 0.490 e. The number of rotatable bonds is 3. The molecule has 0 fully saturated rings. The number of amides is 1. The van der Waals surface area contributed by atoms with Crippen molar-refractivity contribution in [2.24, 2.45) is 10.7 Å². The number of halogens is 9. The van der Waals surface area contributed by atoms with E-state index in [0.717, 1.165) is 4.90 Å². The predicted octanol–water partition coefficient (Wildman–Crippen LogP) is 6.05. The molecule has 1 heterocycles. The van der Waals surface area contributed by atoms with Gasteiger partial charge < -0.3 is 10.8 Å². The lowest BCUT2D eigenvalue weighted by molar-refractivity contribution is -0.192. The standard InChI is InChI=1S/C24H17F6N3O.C2HF3O2/c1-33-20(34)22(32-21(33)31,16-7-3-2-4-8-16)17-9-5-6-14(10-17)15-11-18(23(25,26)27)13-19(12-15)24(28,29)30;3-2(4,5)1(6)7/h2-13H,1H3,(H2,31,32);(H,6,7).